The maximum Gasteiger partial charge on any atom is 0.270 e. The zero-order chi connectivity index (χ0) is 22.7. The Morgan fingerprint density at radius 3 is 2.72 bits per heavy atom. The number of carbonyl (C=O) groups is 1. The van der Waals surface area contributed by atoms with Gasteiger partial charge in [0.15, 0.2) is 0 Å². The molecule has 32 heavy (non-hydrogen) atoms. The lowest BCUT2D eigenvalue weighted by Crippen LogP contribution is -2.61. The standard InChI is InChI=1S/C24H34N6O2/c1-24(2,3)30-13-19(14-30)28-22-10-21(26-16-27-22)23(32)25-11-20(31)15-29-9-8-17-6-4-5-7-18(17)12-29/h4-7,10,16,19-20,31H,8-9,11-15H2,1-3H3,(H,25,32)(H,26,27,28)/t20-/m0/s1. The Morgan fingerprint density at radius 1 is 1.22 bits per heavy atom. The molecule has 2 aliphatic rings. The zero-order valence-corrected chi connectivity index (χ0v) is 19.2. The number of amides is 1. The summed E-state index contributed by atoms with van der Waals surface area (Å²) in [6.45, 7) is 11.0. The lowest BCUT2D eigenvalue weighted by Gasteiger charge is -2.47. The van der Waals surface area contributed by atoms with Crippen LogP contribution >= 0.6 is 0 Å². The van der Waals surface area contributed by atoms with E-state index in [9.17, 15) is 9.90 Å². The fourth-order valence-corrected chi connectivity index (χ4v) is 4.26. The minimum Gasteiger partial charge on any atom is -0.390 e. The summed E-state index contributed by atoms with van der Waals surface area (Å²) in [7, 11) is 0. The molecule has 1 aromatic carbocycles. The highest BCUT2D eigenvalue weighted by Gasteiger charge is 2.34. The number of fused-ring (bicyclic) bond motifs is 1. The molecular formula is C24H34N6O2. The first-order valence-corrected chi connectivity index (χ1v) is 11.4. The third-order valence-corrected chi connectivity index (χ3v) is 6.26. The lowest BCUT2D eigenvalue weighted by atomic mass is 9.98. The molecule has 2 aliphatic heterocycles. The molecule has 0 aliphatic carbocycles. The molecule has 0 unspecified atom stereocenters. The van der Waals surface area contributed by atoms with E-state index in [0.29, 0.717) is 24.1 Å². The van der Waals surface area contributed by atoms with Gasteiger partial charge in [-0.15, -0.1) is 0 Å². The molecule has 8 heteroatoms. The predicted molar refractivity (Wildman–Crippen MR) is 125 cm³/mol. The van der Waals surface area contributed by atoms with Crippen molar-refractivity contribution in [3.63, 3.8) is 0 Å². The number of aliphatic hydroxyl groups excluding tert-OH is 1. The number of β-amino-alcohol motifs (C(OH)–C–C–N with tert-alkyl or cyclic N) is 1. The van der Waals surface area contributed by atoms with E-state index in [-0.39, 0.29) is 18.0 Å². The van der Waals surface area contributed by atoms with E-state index in [1.165, 1.54) is 17.5 Å². The van der Waals surface area contributed by atoms with E-state index in [1.807, 2.05) is 0 Å². The number of nitrogens with zero attached hydrogens (tertiary/aromatic N) is 4. The van der Waals surface area contributed by atoms with Gasteiger partial charge in [0, 0.05) is 50.9 Å². The van der Waals surface area contributed by atoms with Crippen LogP contribution in [0.5, 0.6) is 0 Å². The second kappa shape index (κ2) is 9.52. The first-order chi connectivity index (χ1) is 15.3. The van der Waals surface area contributed by atoms with Gasteiger partial charge in [0.25, 0.3) is 5.91 Å². The van der Waals surface area contributed by atoms with E-state index in [0.717, 1.165) is 32.6 Å². The number of benzene rings is 1. The van der Waals surface area contributed by atoms with Gasteiger partial charge in [-0.3, -0.25) is 14.6 Å². The number of rotatable bonds is 7. The first-order valence-electron chi connectivity index (χ1n) is 11.4. The summed E-state index contributed by atoms with van der Waals surface area (Å²) in [4.78, 5) is 25.5. The maximum absolute atomic E-state index is 12.5. The Morgan fingerprint density at radius 2 is 1.97 bits per heavy atom. The smallest absolute Gasteiger partial charge is 0.270 e. The SMILES string of the molecule is CC(C)(C)N1CC(Nc2cc(C(=O)NC[C@H](O)CN3CCc4ccccc4C3)ncn2)C1. The molecule has 1 atom stereocenters. The van der Waals surface area contributed by atoms with Crippen molar-refractivity contribution < 1.29 is 9.90 Å². The Bertz CT molecular complexity index is 938. The quantitative estimate of drug-likeness (QED) is 0.603. The Kier molecular flexibility index (Phi) is 6.74. The van der Waals surface area contributed by atoms with Gasteiger partial charge in [0.2, 0.25) is 0 Å². The van der Waals surface area contributed by atoms with Crippen LogP contribution in [-0.4, -0.2) is 81.2 Å². The van der Waals surface area contributed by atoms with Crippen LogP contribution in [0.3, 0.4) is 0 Å². The number of aliphatic hydroxyl groups is 1. The molecule has 3 heterocycles. The molecule has 1 aromatic heterocycles. The largest absolute Gasteiger partial charge is 0.390 e. The maximum atomic E-state index is 12.5. The molecule has 0 radical (unpaired) electrons. The fourth-order valence-electron chi connectivity index (χ4n) is 4.26. The number of hydrogen-bond donors (Lipinski definition) is 3. The predicted octanol–water partition coefficient (Wildman–Crippen LogP) is 1.52. The molecule has 1 saturated heterocycles. The van der Waals surface area contributed by atoms with Crippen LogP contribution < -0.4 is 10.6 Å². The second-order valence-electron chi connectivity index (χ2n) is 9.82. The average Bonchev–Trinajstić information content (AvgIpc) is 2.73. The van der Waals surface area contributed by atoms with Crippen LogP contribution in [0.1, 0.15) is 42.4 Å². The second-order valence-corrected chi connectivity index (χ2v) is 9.82. The molecule has 0 spiro atoms. The molecule has 8 nitrogen and oxygen atoms in total. The van der Waals surface area contributed by atoms with Crippen LogP contribution in [0.25, 0.3) is 0 Å². The molecule has 4 rings (SSSR count). The fraction of sp³-hybridized carbons (Fsp3) is 0.542. The average molecular weight is 439 g/mol. The van der Waals surface area contributed by atoms with Crippen molar-refractivity contribution in [1.82, 2.24) is 25.1 Å². The molecular weight excluding hydrogens is 404 g/mol. The van der Waals surface area contributed by atoms with Crippen molar-refractivity contribution in [2.75, 3.05) is 38.0 Å². The van der Waals surface area contributed by atoms with Crippen molar-refractivity contribution in [1.29, 1.82) is 0 Å². The Hall–Kier alpha value is -2.55. The number of carbonyl (C=O) groups excluding carboxylic acids is 1. The molecule has 3 N–H and O–H groups in total. The summed E-state index contributed by atoms with van der Waals surface area (Å²) in [5.41, 5.74) is 3.15. The van der Waals surface area contributed by atoms with Gasteiger partial charge in [0.1, 0.15) is 17.8 Å². The van der Waals surface area contributed by atoms with Gasteiger partial charge in [-0.2, -0.15) is 0 Å². The summed E-state index contributed by atoms with van der Waals surface area (Å²) in [6, 6.07) is 10.4. The number of hydrogen-bond acceptors (Lipinski definition) is 7. The minimum atomic E-state index is -0.637. The van der Waals surface area contributed by atoms with Crippen LogP contribution in [0.4, 0.5) is 5.82 Å². The van der Waals surface area contributed by atoms with Crippen LogP contribution in [0, 0.1) is 0 Å². The molecule has 172 valence electrons. The van der Waals surface area contributed by atoms with Crippen molar-refractivity contribution in [2.24, 2.45) is 0 Å². The van der Waals surface area contributed by atoms with E-state index in [1.54, 1.807) is 6.07 Å². The summed E-state index contributed by atoms with van der Waals surface area (Å²) < 4.78 is 0. The molecule has 1 amide bonds. The van der Waals surface area contributed by atoms with Gasteiger partial charge in [-0.1, -0.05) is 24.3 Å². The van der Waals surface area contributed by atoms with Crippen molar-refractivity contribution in [3.05, 3.63) is 53.5 Å². The first kappa shape index (κ1) is 22.6. The van der Waals surface area contributed by atoms with Crippen LogP contribution in [0.15, 0.2) is 36.7 Å². The van der Waals surface area contributed by atoms with E-state index in [4.69, 9.17) is 0 Å². The highest BCUT2D eigenvalue weighted by molar-refractivity contribution is 5.92. The summed E-state index contributed by atoms with van der Waals surface area (Å²) in [5, 5.41) is 16.6. The van der Waals surface area contributed by atoms with Crippen molar-refractivity contribution in [3.8, 4) is 0 Å². The van der Waals surface area contributed by atoms with Crippen LogP contribution in [0.2, 0.25) is 0 Å². The Labute approximate surface area is 190 Å². The topological polar surface area (TPSA) is 93.6 Å². The summed E-state index contributed by atoms with van der Waals surface area (Å²) >= 11 is 0. The van der Waals surface area contributed by atoms with Crippen LogP contribution in [-0.2, 0) is 13.0 Å². The van der Waals surface area contributed by atoms with Crippen molar-refractivity contribution >= 4 is 11.7 Å². The van der Waals surface area contributed by atoms with Gasteiger partial charge in [0.05, 0.1) is 12.1 Å². The molecule has 0 bridgehead atoms. The highest BCUT2D eigenvalue weighted by atomic mass is 16.3. The van der Waals surface area contributed by atoms with Gasteiger partial charge < -0.3 is 15.7 Å². The zero-order valence-electron chi connectivity index (χ0n) is 19.2. The third-order valence-electron chi connectivity index (χ3n) is 6.26. The van der Waals surface area contributed by atoms with Gasteiger partial charge in [-0.05, 0) is 38.3 Å². The lowest BCUT2D eigenvalue weighted by molar-refractivity contribution is 0.0566. The monoisotopic (exact) mass is 438 g/mol. The van der Waals surface area contributed by atoms with Gasteiger partial charge in [-0.25, -0.2) is 9.97 Å². The highest BCUT2D eigenvalue weighted by Crippen LogP contribution is 2.23. The van der Waals surface area contributed by atoms with E-state index < -0.39 is 6.10 Å². The number of likely N-dealkylation sites (tertiary alicyclic amines) is 1. The number of anilines is 1. The number of aromatic nitrogens is 2. The molecule has 1 fully saturated rings. The normalized spacial score (nSPS) is 18.5. The molecule has 0 saturated carbocycles. The van der Waals surface area contributed by atoms with Crippen molar-refractivity contribution in [2.45, 2.75) is 51.4 Å². The number of nitrogens with one attached hydrogen (secondary N) is 2. The molecule has 2 aromatic rings. The third kappa shape index (κ3) is 5.62. The summed E-state index contributed by atoms with van der Waals surface area (Å²) in [5.74, 6) is 0.347. The minimum absolute atomic E-state index is 0.160. The van der Waals surface area contributed by atoms with Gasteiger partial charge >= 0.3 is 0 Å². The Balaban J connectivity index is 1.22. The van der Waals surface area contributed by atoms with E-state index in [2.05, 4.69) is 75.4 Å². The van der Waals surface area contributed by atoms with E-state index >= 15 is 0 Å². The summed E-state index contributed by atoms with van der Waals surface area (Å²) in [6.07, 6.45) is 1.75.